The monoisotopic (exact) mass is 271 g/mol. The Morgan fingerprint density at radius 3 is 2.40 bits per heavy atom. The van der Waals surface area contributed by atoms with Gasteiger partial charge in [-0.15, -0.1) is 0 Å². The molecule has 1 aliphatic rings. The van der Waals surface area contributed by atoms with E-state index in [4.69, 9.17) is 10.5 Å². The molecule has 3 rings (SSSR count). The minimum Gasteiger partial charge on any atom is -0.497 e. The summed E-state index contributed by atoms with van der Waals surface area (Å²) in [7, 11) is 1.53. The SMILES string of the molecule is COc1ccc(C(N)C2(c3ccccc3)CC2)c(F)c1. The van der Waals surface area contributed by atoms with Crippen molar-refractivity contribution in [3.63, 3.8) is 0 Å². The molecule has 1 unspecified atom stereocenters. The molecule has 104 valence electrons. The molecule has 3 heteroatoms. The van der Waals surface area contributed by atoms with E-state index in [-0.39, 0.29) is 17.3 Å². The topological polar surface area (TPSA) is 35.2 Å². The molecule has 0 saturated heterocycles. The van der Waals surface area contributed by atoms with Gasteiger partial charge in [0.15, 0.2) is 0 Å². The van der Waals surface area contributed by atoms with Crippen LogP contribution >= 0.6 is 0 Å². The minimum atomic E-state index is -0.323. The van der Waals surface area contributed by atoms with Crippen LogP contribution in [0.2, 0.25) is 0 Å². The Labute approximate surface area is 118 Å². The molecule has 2 aromatic carbocycles. The lowest BCUT2D eigenvalue weighted by atomic mass is 9.84. The summed E-state index contributed by atoms with van der Waals surface area (Å²) >= 11 is 0. The Kier molecular flexibility index (Phi) is 3.22. The summed E-state index contributed by atoms with van der Waals surface area (Å²) in [5, 5.41) is 0. The summed E-state index contributed by atoms with van der Waals surface area (Å²) in [4.78, 5) is 0. The maximum absolute atomic E-state index is 14.2. The van der Waals surface area contributed by atoms with Crippen LogP contribution in [-0.4, -0.2) is 7.11 Å². The largest absolute Gasteiger partial charge is 0.497 e. The zero-order chi connectivity index (χ0) is 14.2. The first-order valence-electron chi connectivity index (χ1n) is 6.82. The van der Waals surface area contributed by atoms with E-state index in [0.29, 0.717) is 11.3 Å². The molecular weight excluding hydrogens is 253 g/mol. The van der Waals surface area contributed by atoms with Crippen molar-refractivity contribution in [1.29, 1.82) is 0 Å². The van der Waals surface area contributed by atoms with Crippen molar-refractivity contribution in [2.75, 3.05) is 7.11 Å². The van der Waals surface area contributed by atoms with Crippen LogP contribution in [0, 0.1) is 5.82 Å². The average molecular weight is 271 g/mol. The van der Waals surface area contributed by atoms with Gasteiger partial charge in [0.25, 0.3) is 0 Å². The van der Waals surface area contributed by atoms with Gasteiger partial charge < -0.3 is 10.5 Å². The molecule has 0 heterocycles. The quantitative estimate of drug-likeness (QED) is 0.922. The maximum Gasteiger partial charge on any atom is 0.131 e. The number of hydrogen-bond acceptors (Lipinski definition) is 2. The van der Waals surface area contributed by atoms with Crippen LogP contribution in [0.4, 0.5) is 4.39 Å². The molecule has 0 amide bonds. The van der Waals surface area contributed by atoms with Crippen molar-refractivity contribution >= 4 is 0 Å². The molecule has 0 radical (unpaired) electrons. The Hall–Kier alpha value is -1.87. The number of halogens is 1. The predicted molar refractivity (Wildman–Crippen MR) is 77.2 cm³/mol. The highest BCUT2D eigenvalue weighted by molar-refractivity contribution is 5.40. The van der Waals surface area contributed by atoms with Crippen LogP contribution in [-0.2, 0) is 5.41 Å². The molecule has 2 nitrogen and oxygen atoms in total. The van der Waals surface area contributed by atoms with E-state index >= 15 is 0 Å². The van der Waals surface area contributed by atoms with Crippen LogP contribution in [0.15, 0.2) is 48.5 Å². The zero-order valence-corrected chi connectivity index (χ0v) is 11.5. The predicted octanol–water partition coefficient (Wildman–Crippen LogP) is 3.57. The first kappa shape index (κ1) is 13.1. The van der Waals surface area contributed by atoms with Gasteiger partial charge in [-0.2, -0.15) is 0 Å². The molecule has 1 fully saturated rings. The van der Waals surface area contributed by atoms with Crippen LogP contribution in [0.25, 0.3) is 0 Å². The standard InChI is InChI=1S/C17H18FNO/c1-20-13-7-8-14(15(18)11-13)16(19)17(9-10-17)12-5-3-2-4-6-12/h2-8,11,16H,9-10,19H2,1H3. The Balaban J connectivity index is 1.95. The van der Waals surface area contributed by atoms with Gasteiger partial charge in [0, 0.05) is 23.1 Å². The second-order valence-corrected chi connectivity index (χ2v) is 5.39. The van der Waals surface area contributed by atoms with E-state index in [1.165, 1.54) is 18.7 Å². The van der Waals surface area contributed by atoms with Crippen molar-refractivity contribution in [3.05, 3.63) is 65.5 Å². The second-order valence-electron chi connectivity index (χ2n) is 5.39. The smallest absolute Gasteiger partial charge is 0.131 e. The first-order chi connectivity index (χ1) is 9.67. The van der Waals surface area contributed by atoms with Gasteiger partial charge in [0.05, 0.1) is 7.11 Å². The van der Waals surface area contributed by atoms with Gasteiger partial charge in [-0.3, -0.25) is 0 Å². The first-order valence-corrected chi connectivity index (χ1v) is 6.82. The maximum atomic E-state index is 14.2. The highest BCUT2D eigenvalue weighted by Crippen LogP contribution is 2.55. The number of nitrogens with two attached hydrogens (primary N) is 1. The zero-order valence-electron chi connectivity index (χ0n) is 11.5. The van der Waals surface area contributed by atoms with Gasteiger partial charge in [-0.1, -0.05) is 36.4 Å². The second kappa shape index (κ2) is 4.91. The normalized spacial score (nSPS) is 17.6. The molecule has 1 atom stereocenters. The summed E-state index contributed by atoms with van der Waals surface area (Å²) in [6, 6.07) is 14.7. The van der Waals surface area contributed by atoms with Crippen LogP contribution in [0.3, 0.4) is 0 Å². The summed E-state index contributed by atoms with van der Waals surface area (Å²) in [5.74, 6) is 0.224. The fraction of sp³-hybridized carbons (Fsp3) is 0.294. The minimum absolute atomic E-state index is 0.114. The molecule has 0 bridgehead atoms. The number of benzene rings is 2. The van der Waals surface area contributed by atoms with Crippen LogP contribution in [0.5, 0.6) is 5.75 Å². The molecule has 1 aliphatic carbocycles. The Morgan fingerprint density at radius 2 is 1.85 bits per heavy atom. The summed E-state index contributed by atoms with van der Waals surface area (Å²) in [6.45, 7) is 0. The van der Waals surface area contributed by atoms with Crippen molar-refractivity contribution in [3.8, 4) is 5.75 Å². The molecule has 0 aliphatic heterocycles. The van der Waals surface area contributed by atoms with Gasteiger partial charge in [-0.05, 0) is 24.5 Å². The molecule has 0 spiro atoms. The summed E-state index contributed by atoms with van der Waals surface area (Å²) in [5.41, 5.74) is 8.02. The van der Waals surface area contributed by atoms with E-state index in [1.54, 1.807) is 12.1 Å². The van der Waals surface area contributed by atoms with E-state index < -0.39 is 0 Å². The third-order valence-electron chi connectivity index (χ3n) is 4.28. The van der Waals surface area contributed by atoms with Gasteiger partial charge in [0.2, 0.25) is 0 Å². The molecule has 20 heavy (non-hydrogen) atoms. The number of ether oxygens (including phenoxy) is 1. The lowest BCUT2D eigenvalue weighted by molar-refractivity contribution is 0.409. The van der Waals surface area contributed by atoms with E-state index in [0.717, 1.165) is 12.8 Å². The molecule has 2 aromatic rings. The lowest BCUT2D eigenvalue weighted by Crippen LogP contribution is -2.27. The molecule has 0 aromatic heterocycles. The fourth-order valence-corrected chi connectivity index (χ4v) is 2.87. The molecular formula is C17H18FNO. The number of hydrogen-bond donors (Lipinski definition) is 1. The molecule has 1 saturated carbocycles. The number of methoxy groups -OCH3 is 1. The van der Waals surface area contributed by atoms with Gasteiger partial charge in [-0.25, -0.2) is 4.39 Å². The third-order valence-corrected chi connectivity index (χ3v) is 4.28. The third kappa shape index (κ3) is 2.08. The summed E-state index contributed by atoms with van der Waals surface area (Å²) in [6.07, 6.45) is 2.01. The lowest BCUT2D eigenvalue weighted by Gasteiger charge is -2.25. The Morgan fingerprint density at radius 1 is 1.15 bits per heavy atom. The number of rotatable bonds is 4. The van der Waals surface area contributed by atoms with Crippen molar-refractivity contribution < 1.29 is 9.13 Å². The van der Waals surface area contributed by atoms with Gasteiger partial charge >= 0.3 is 0 Å². The van der Waals surface area contributed by atoms with Crippen LogP contribution in [0.1, 0.15) is 30.0 Å². The van der Waals surface area contributed by atoms with Gasteiger partial charge in [0.1, 0.15) is 11.6 Å². The van der Waals surface area contributed by atoms with Crippen LogP contribution < -0.4 is 10.5 Å². The van der Waals surface area contributed by atoms with Crippen molar-refractivity contribution in [1.82, 2.24) is 0 Å². The average Bonchev–Trinajstić information content (AvgIpc) is 3.29. The highest BCUT2D eigenvalue weighted by Gasteiger charge is 2.50. The van der Waals surface area contributed by atoms with E-state index in [1.807, 2.05) is 18.2 Å². The summed E-state index contributed by atoms with van der Waals surface area (Å²) < 4.78 is 19.2. The Bertz CT molecular complexity index is 608. The van der Waals surface area contributed by atoms with E-state index in [9.17, 15) is 4.39 Å². The van der Waals surface area contributed by atoms with Crippen molar-refractivity contribution in [2.45, 2.75) is 24.3 Å². The fourth-order valence-electron chi connectivity index (χ4n) is 2.87. The molecule has 2 N–H and O–H groups in total. The highest BCUT2D eigenvalue weighted by atomic mass is 19.1. The van der Waals surface area contributed by atoms with E-state index in [2.05, 4.69) is 12.1 Å². The van der Waals surface area contributed by atoms with Crippen molar-refractivity contribution in [2.24, 2.45) is 5.73 Å².